The van der Waals surface area contributed by atoms with E-state index in [2.05, 4.69) is 16.4 Å². The van der Waals surface area contributed by atoms with Crippen LogP contribution in [0.25, 0.3) is 20.7 Å². The lowest BCUT2D eigenvalue weighted by Crippen LogP contribution is -1.95. The topological polar surface area (TPSA) is 65.8 Å². The van der Waals surface area contributed by atoms with Crippen LogP contribution in [-0.4, -0.2) is 11.3 Å². The van der Waals surface area contributed by atoms with Crippen LogP contribution in [0, 0.1) is 11.3 Å². The highest BCUT2D eigenvalue weighted by Gasteiger charge is 2.15. The number of carbonyl (C=O) groups excluding carboxylic acids is 1. The molecule has 0 radical (unpaired) electrons. The number of nitrogens with one attached hydrogen (secondary N) is 1. The molecule has 0 saturated carbocycles. The molecule has 2 aromatic heterocycles. The lowest BCUT2D eigenvalue weighted by Gasteiger charge is -2.11. The van der Waals surface area contributed by atoms with Gasteiger partial charge in [-0.3, -0.25) is 9.78 Å². The van der Waals surface area contributed by atoms with Crippen molar-refractivity contribution < 1.29 is 4.79 Å². The van der Waals surface area contributed by atoms with E-state index < -0.39 is 0 Å². The molecule has 0 unspecified atom stereocenters. The van der Waals surface area contributed by atoms with Gasteiger partial charge in [0.25, 0.3) is 0 Å². The van der Waals surface area contributed by atoms with Gasteiger partial charge in [0, 0.05) is 21.7 Å². The minimum Gasteiger partial charge on any atom is -0.352 e. The molecule has 0 atom stereocenters. The van der Waals surface area contributed by atoms with Crippen molar-refractivity contribution in [3.05, 3.63) is 75.9 Å². The molecule has 2 heterocycles. The fourth-order valence-electron chi connectivity index (χ4n) is 2.78. The molecule has 0 amide bonds. The van der Waals surface area contributed by atoms with Crippen molar-refractivity contribution in [1.29, 1.82) is 5.26 Å². The van der Waals surface area contributed by atoms with E-state index in [4.69, 9.17) is 23.2 Å². The molecule has 0 saturated heterocycles. The maximum absolute atomic E-state index is 10.9. The number of aldehydes is 1. The molecule has 4 aromatic rings. The van der Waals surface area contributed by atoms with E-state index in [-0.39, 0.29) is 0 Å². The quantitative estimate of drug-likeness (QED) is 0.370. The Kier molecular flexibility index (Phi) is 5.01. The smallest absolute Gasteiger partial charge is 0.150 e. The molecule has 0 aliphatic heterocycles. The second-order valence-electron chi connectivity index (χ2n) is 5.97. The molecule has 28 heavy (non-hydrogen) atoms. The minimum absolute atomic E-state index is 0.420. The fraction of sp³-hybridized carbons (Fsp3) is 0. The summed E-state index contributed by atoms with van der Waals surface area (Å²) in [6, 6.07) is 16.6. The molecule has 136 valence electrons. The van der Waals surface area contributed by atoms with Crippen molar-refractivity contribution in [2.45, 2.75) is 0 Å². The second-order valence-corrected chi connectivity index (χ2v) is 7.87. The van der Waals surface area contributed by atoms with E-state index in [0.717, 1.165) is 26.9 Å². The number of hydrogen-bond acceptors (Lipinski definition) is 5. The predicted octanol–water partition coefficient (Wildman–Crippen LogP) is 6.70. The number of hydrogen-bond donors (Lipinski definition) is 1. The Bertz CT molecular complexity index is 1240. The van der Waals surface area contributed by atoms with Crippen LogP contribution in [-0.2, 0) is 0 Å². The first-order valence-corrected chi connectivity index (χ1v) is 9.76. The maximum Gasteiger partial charge on any atom is 0.150 e. The highest BCUT2D eigenvalue weighted by molar-refractivity contribution is 7.22. The molecule has 0 aliphatic carbocycles. The van der Waals surface area contributed by atoms with E-state index in [0.29, 0.717) is 32.5 Å². The van der Waals surface area contributed by atoms with Gasteiger partial charge in [-0.25, -0.2) is 0 Å². The highest BCUT2D eigenvalue weighted by atomic mass is 35.5. The number of carbonyl (C=O) groups is 1. The average molecular weight is 424 g/mol. The van der Waals surface area contributed by atoms with E-state index in [1.54, 1.807) is 36.5 Å². The van der Waals surface area contributed by atoms with Crippen LogP contribution in [0.4, 0.5) is 11.4 Å². The summed E-state index contributed by atoms with van der Waals surface area (Å²) < 4.78 is 0.847. The van der Waals surface area contributed by atoms with Crippen molar-refractivity contribution in [1.82, 2.24) is 4.98 Å². The zero-order valence-corrected chi connectivity index (χ0v) is 16.6. The summed E-state index contributed by atoms with van der Waals surface area (Å²) in [7, 11) is 0. The van der Waals surface area contributed by atoms with E-state index in [9.17, 15) is 10.1 Å². The third-order valence-electron chi connectivity index (χ3n) is 4.18. The van der Waals surface area contributed by atoms with Crippen molar-refractivity contribution in [3.63, 3.8) is 0 Å². The maximum atomic E-state index is 10.9. The average Bonchev–Trinajstić information content (AvgIpc) is 3.15. The zero-order chi connectivity index (χ0) is 19.7. The van der Waals surface area contributed by atoms with Gasteiger partial charge in [-0.2, -0.15) is 5.26 Å². The third-order valence-corrected chi connectivity index (χ3v) is 5.92. The summed E-state index contributed by atoms with van der Waals surface area (Å²) in [6.07, 6.45) is 2.35. The van der Waals surface area contributed by atoms with Crippen molar-refractivity contribution in [2.75, 3.05) is 5.32 Å². The highest BCUT2D eigenvalue weighted by Crippen LogP contribution is 2.40. The molecule has 0 spiro atoms. The van der Waals surface area contributed by atoms with Crippen LogP contribution >= 0.6 is 34.5 Å². The number of anilines is 2. The summed E-state index contributed by atoms with van der Waals surface area (Å²) >= 11 is 13.8. The number of thiophene rings is 1. The largest absolute Gasteiger partial charge is 0.352 e. The first-order chi connectivity index (χ1) is 13.6. The molecule has 7 heteroatoms. The lowest BCUT2D eigenvalue weighted by atomic mass is 10.1. The van der Waals surface area contributed by atoms with Crippen LogP contribution < -0.4 is 5.32 Å². The molecular weight excluding hydrogens is 413 g/mol. The number of pyridine rings is 1. The second kappa shape index (κ2) is 7.61. The molecule has 4 nitrogen and oxygen atoms in total. The Morgan fingerprint density at radius 2 is 1.89 bits per heavy atom. The summed E-state index contributed by atoms with van der Waals surface area (Å²) in [5.41, 5.74) is 4.09. The van der Waals surface area contributed by atoms with Crippen molar-refractivity contribution in [3.8, 4) is 16.5 Å². The Morgan fingerprint density at radius 3 is 2.57 bits per heavy atom. The number of nitriles is 1. The Morgan fingerprint density at radius 1 is 1.11 bits per heavy atom. The third kappa shape index (κ3) is 3.46. The first-order valence-electron chi connectivity index (χ1n) is 8.19. The fourth-order valence-corrected chi connectivity index (χ4v) is 4.36. The summed E-state index contributed by atoms with van der Waals surface area (Å²) in [6.45, 7) is 0. The van der Waals surface area contributed by atoms with Gasteiger partial charge in [0.05, 0.1) is 32.2 Å². The number of fused-ring (bicyclic) bond motifs is 1. The van der Waals surface area contributed by atoms with Gasteiger partial charge in [0.1, 0.15) is 12.4 Å². The van der Waals surface area contributed by atoms with Gasteiger partial charge in [-0.1, -0.05) is 47.5 Å². The van der Waals surface area contributed by atoms with Crippen LogP contribution in [0.1, 0.15) is 15.9 Å². The summed E-state index contributed by atoms with van der Waals surface area (Å²) in [4.78, 5) is 16.3. The molecule has 0 bridgehead atoms. The SMILES string of the molecule is N#Cc1cnc2cc(-c3ccc(C=O)cc3)sc2c1Nc1ccc(Cl)cc1Cl. The lowest BCUT2D eigenvalue weighted by molar-refractivity contribution is 0.112. The summed E-state index contributed by atoms with van der Waals surface area (Å²) in [5.74, 6) is 0. The standard InChI is InChI=1S/C21H11Cl2N3OS/c22-15-5-6-17(16(23)7-15)26-20-14(9-24)10-25-18-8-19(28-21(18)20)13-3-1-12(11-27)2-4-13/h1-8,10-11H,(H,25,26). The van der Waals surface area contributed by atoms with Gasteiger partial charge < -0.3 is 5.32 Å². The van der Waals surface area contributed by atoms with Crippen molar-refractivity contribution >= 4 is 62.4 Å². The number of aromatic nitrogens is 1. The minimum atomic E-state index is 0.420. The molecule has 2 aromatic carbocycles. The Labute approximate surface area is 175 Å². The zero-order valence-electron chi connectivity index (χ0n) is 14.2. The van der Waals surface area contributed by atoms with Crippen LogP contribution in [0.3, 0.4) is 0 Å². The van der Waals surface area contributed by atoms with Gasteiger partial charge >= 0.3 is 0 Å². The van der Waals surface area contributed by atoms with E-state index >= 15 is 0 Å². The van der Waals surface area contributed by atoms with E-state index in [1.807, 2.05) is 18.2 Å². The molecule has 1 N–H and O–H groups in total. The van der Waals surface area contributed by atoms with Gasteiger partial charge in [-0.15, -0.1) is 11.3 Å². The normalized spacial score (nSPS) is 10.6. The van der Waals surface area contributed by atoms with Crippen LogP contribution in [0.2, 0.25) is 10.0 Å². The molecular formula is C21H11Cl2N3OS. The van der Waals surface area contributed by atoms with Crippen LogP contribution in [0.5, 0.6) is 0 Å². The Hall–Kier alpha value is -2.91. The first kappa shape index (κ1) is 18.5. The molecule has 0 fully saturated rings. The van der Waals surface area contributed by atoms with E-state index in [1.165, 1.54) is 11.3 Å². The number of nitrogens with zero attached hydrogens (tertiary/aromatic N) is 2. The summed E-state index contributed by atoms with van der Waals surface area (Å²) in [5, 5.41) is 13.8. The monoisotopic (exact) mass is 423 g/mol. The van der Waals surface area contributed by atoms with Crippen molar-refractivity contribution in [2.24, 2.45) is 0 Å². The number of rotatable bonds is 4. The predicted molar refractivity (Wildman–Crippen MR) is 115 cm³/mol. The van der Waals surface area contributed by atoms with Gasteiger partial charge in [0.15, 0.2) is 0 Å². The van der Waals surface area contributed by atoms with Gasteiger partial charge in [-0.05, 0) is 29.8 Å². The Balaban J connectivity index is 1.83. The number of benzene rings is 2. The molecule has 4 rings (SSSR count). The number of halogens is 2. The van der Waals surface area contributed by atoms with Gasteiger partial charge in [0.2, 0.25) is 0 Å². The van der Waals surface area contributed by atoms with Crippen LogP contribution in [0.15, 0.2) is 54.7 Å². The molecule has 0 aliphatic rings.